The van der Waals surface area contributed by atoms with Gasteiger partial charge in [0, 0.05) is 0 Å². The van der Waals surface area contributed by atoms with E-state index in [0.717, 1.165) is 11.1 Å². The van der Waals surface area contributed by atoms with E-state index >= 15 is 0 Å². The van der Waals surface area contributed by atoms with Gasteiger partial charge in [-0.05, 0) is 23.3 Å². The lowest BCUT2D eigenvalue weighted by molar-refractivity contribution is 0.306. The molecular formula is C16H14Cl2N4O. The Labute approximate surface area is 143 Å². The van der Waals surface area contributed by atoms with Crippen LogP contribution in [0.3, 0.4) is 0 Å². The molecule has 0 spiro atoms. The Morgan fingerprint density at radius 2 is 1.61 bits per heavy atom. The van der Waals surface area contributed by atoms with Gasteiger partial charge in [-0.2, -0.15) is 0 Å². The standard InChI is InChI=1S/C16H14Cl2N4O/c17-14-6-13(8-21-22-10-19-20-11-22)7-15(18)16(14)23-9-12-4-2-1-3-5-12/h1-7,10-11,21H,8-9H2. The molecule has 0 unspecified atom stereocenters. The first-order valence-electron chi connectivity index (χ1n) is 6.95. The maximum atomic E-state index is 6.29. The summed E-state index contributed by atoms with van der Waals surface area (Å²) >= 11 is 12.6. The summed E-state index contributed by atoms with van der Waals surface area (Å²) in [6.07, 6.45) is 3.14. The maximum absolute atomic E-state index is 6.29. The van der Waals surface area contributed by atoms with Crippen LogP contribution in [0.2, 0.25) is 10.0 Å². The number of benzene rings is 2. The Bertz CT molecular complexity index is 740. The molecule has 3 aromatic rings. The van der Waals surface area contributed by atoms with E-state index in [-0.39, 0.29) is 0 Å². The van der Waals surface area contributed by atoms with Gasteiger partial charge in [0.05, 0.1) is 16.6 Å². The summed E-state index contributed by atoms with van der Waals surface area (Å²) in [6.45, 7) is 0.953. The summed E-state index contributed by atoms with van der Waals surface area (Å²) in [5.74, 6) is 0.491. The van der Waals surface area contributed by atoms with Gasteiger partial charge < -0.3 is 10.2 Å². The van der Waals surface area contributed by atoms with Gasteiger partial charge in [0.15, 0.2) is 5.75 Å². The van der Waals surface area contributed by atoms with Gasteiger partial charge in [0.25, 0.3) is 0 Å². The van der Waals surface area contributed by atoms with Gasteiger partial charge in [0.2, 0.25) is 0 Å². The number of rotatable bonds is 6. The monoisotopic (exact) mass is 348 g/mol. The Morgan fingerprint density at radius 3 is 2.26 bits per heavy atom. The van der Waals surface area contributed by atoms with Crippen molar-refractivity contribution < 1.29 is 4.74 Å². The van der Waals surface area contributed by atoms with Crippen molar-refractivity contribution in [3.8, 4) is 5.75 Å². The molecule has 23 heavy (non-hydrogen) atoms. The van der Waals surface area contributed by atoms with Crippen LogP contribution in [0.1, 0.15) is 11.1 Å². The molecule has 1 heterocycles. The first-order valence-corrected chi connectivity index (χ1v) is 7.71. The molecular weight excluding hydrogens is 335 g/mol. The zero-order chi connectivity index (χ0) is 16.1. The lowest BCUT2D eigenvalue weighted by Crippen LogP contribution is -2.12. The van der Waals surface area contributed by atoms with Gasteiger partial charge in [-0.25, -0.2) is 4.68 Å². The van der Waals surface area contributed by atoms with Crippen molar-refractivity contribution in [2.45, 2.75) is 13.2 Å². The molecule has 0 saturated heterocycles. The van der Waals surface area contributed by atoms with Crippen LogP contribution in [0.4, 0.5) is 0 Å². The number of aromatic nitrogens is 3. The number of nitrogens with one attached hydrogen (secondary N) is 1. The minimum absolute atomic E-state index is 0.415. The molecule has 1 N–H and O–H groups in total. The second-order valence-corrected chi connectivity index (χ2v) is 5.68. The third-order valence-electron chi connectivity index (χ3n) is 3.17. The van der Waals surface area contributed by atoms with E-state index in [2.05, 4.69) is 15.6 Å². The van der Waals surface area contributed by atoms with Crippen LogP contribution < -0.4 is 10.2 Å². The average Bonchev–Trinajstić information content (AvgIpc) is 3.06. The number of hydrogen-bond donors (Lipinski definition) is 1. The van der Waals surface area contributed by atoms with E-state index in [4.69, 9.17) is 27.9 Å². The molecule has 7 heteroatoms. The number of hydrogen-bond acceptors (Lipinski definition) is 4. The number of nitrogens with zero attached hydrogens (tertiary/aromatic N) is 3. The van der Waals surface area contributed by atoms with Crippen molar-refractivity contribution in [3.05, 3.63) is 76.3 Å². The van der Waals surface area contributed by atoms with E-state index in [1.807, 2.05) is 42.5 Å². The smallest absolute Gasteiger partial charge is 0.156 e. The normalized spacial score (nSPS) is 10.5. The summed E-state index contributed by atoms with van der Waals surface area (Å²) in [5, 5.41) is 8.39. The minimum Gasteiger partial charge on any atom is -0.486 e. The van der Waals surface area contributed by atoms with Crippen LogP contribution in [-0.2, 0) is 13.2 Å². The zero-order valence-electron chi connectivity index (χ0n) is 12.1. The van der Waals surface area contributed by atoms with Crippen LogP contribution in [0.25, 0.3) is 0 Å². The molecule has 118 valence electrons. The SMILES string of the molecule is Clc1cc(CNn2cnnc2)cc(Cl)c1OCc1ccccc1. The molecule has 5 nitrogen and oxygen atoms in total. The van der Waals surface area contributed by atoms with Gasteiger partial charge in [0.1, 0.15) is 19.3 Å². The predicted molar refractivity (Wildman–Crippen MR) is 90.3 cm³/mol. The van der Waals surface area contributed by atoms with Gasteiger partial charge in [-0.1, -0.05) is 53.5 Å². The van der Waals surface area contributed by atoms with E-state index in [9.17, 15) is 0 Å². The topological polar surface area (TPSA) is 52.0 Å². The van der Waals surface area contributed by atoms with E-state index in [1.54, 1.807) is 17.3 Å². The highest BCUT2D eigenvalue weighted by Crippen LogP contribution is 2.34. The largest absolute Gasteiger partial charge is 0.486 e. The molecule has 0 aliphatic heterocycles. The average molecular weight is 349 g/mol. The van der Waals surface area contributed by atoms with E-state index in [1.165, 1.54) is 0 Å². The zero-order valence-corrected chi connectivity index (χ0v) is 13.6. The highest BCUT2D eigenvalue weighted by atomic mass is 35.5. The fourth-order valence-corrected chi connectivity index (χ4v) is 2.69. The van der Waals surface area contributed by atoms with Crippen molar-refractivity contribution >= 4 is 23.2 Å². The summed E-state index contributed by atoms with van der Waals surface area (Å²) in [5.41, 5.74) is 5.09. The predicted octanol–water partition coefficient (Wildman–Crippen LogP) is 3.91. The first kappa shape index (κ1) is 15.6. The lowest BCUT2D eigenvalue weighted by Gasteiger charge is -2.13. The van der Waals surface area contributed by atoms with Crippen LogP contribution in [0, 0.1) is 0 Å². The van der Waals surface area contributed by atoms with Crippen LogP contribution in [0.15, 0.2) is 55.1 Å². The Hall–Kier alpha value is -2.24. The lowest BCUT2D eigenvalue weighted by atomic mass is 10.2. The summed E-state index contributed by atoms with van der Waals surface area (Å²) in [4.78, 5) is 0. The molecule has 0 fully saturated rings. The molecule has 0 bridgehead atoms. The van der Waals surface area contributed by atoms with Gasteiger partial charge >= 0.3 is 0 Å². The third-order valence-corrected chi connectivity index (χ3v) is 3.73. The molecule has 3 rings (SSSR count). The quantitative estimate of drug-likeness (QED) is 0.733. The van der Waals surface area contributed by atoms with Crippen molar-refractivity contribution in [3.63, 3.8) is 0 Å². The molecule has 1 aromatic heterocycles. The molecule has 0 atom stereocenters. The van der Waals surface area contributed by atoms with Crippen LogP contribution >= 0.6 is 23.2 Å². The minimum atomic E-state index is 0.415. The summed E-state index contributed by atoms with van der Waals surface area (Å²) < 4.78 is 7.40. The summed E-state index contributed by atoms with van der Waals surface area (Å²) in [7, 11) is 0. The molecule has 0 saturated carbocycles. The van der Waals surface area contributed by atoms with Crippen LogP contribution in [0.5, 0.6) is 5.75 Å². The second kappa shape index (κ2) is 7.35. The molecule has 0 aliphatic rings. The third kappa shape index (κ3) is 4.15. The van der Waals surface area contributed by atoms with E-state index < -0.39 is 0 Å². The number of halogens is 2. The van der Waals surface area contributed by atoms with Crippen molar-refractivity contribution in [1.29, 1.82) is 0 Å². The van der Waals surface area contributed by atoms with Crippen molar-refractivity contribution in [2.24, 2.45) is 0 Å². The van der Waals surface area contributed by atoms with Gasteiger partial charge in [-0.15, -0.1) is 10.2 Å². The van der Waals surface area contributed by atoms with Gasteiger partial charge in [-0.3, -0.25) is 0 Å². The second-order valence-electron chi connectivity index (χ2n) is 4.87. The molecule has 0 aliphatic carbocycles. The number of ether oxygens (including phenoxy) is 1. The van der Waals surface area contributed by atoms with Crippen molar-refractivity contribution in [1.82, 2.24) is 14.9 Å². The highest BCUT2D eigenvalue weighted by Gasteiger charge is 2.10. The van der Waals surface area contributed by atoms with Crippen LogP contribution in [-0.4, -0.2) is 14.9 Å². The first-order chi connectivity index (χ1) is 11.2. The Morgan fingerprint density at radius 1 is 0.957 bits per heavy atom. The van der Waals surface area contributed by atoms with E-state index in [0.29, 0.717) is 28.9 Å². The molecule has 2 aromatic carbocycles. The summed E-state index contributed by atoms with van der Waals surface area (Å²) in [6, 6.07) is 13.5. The molecule has 0 amide bonds. The Balaban J connectivity index is 1.67. The fraction of sp³-hybridized carbons (Fsp3) is 0.125. The Kier molecular flexibility index (Phi) is 5.00. The maximum Gasteiger partial charge on any atom is 0.156 e. The molecule has 0 radical (unpaired) electrons. The van der Waals surface area contributed by atoms with Crippen molar-refractivity contribution in [2.75, 3.05) is 5.43 Å². The fourth-order valence-electron chi connectivity index (χ4n) is 2.05. The highest BCUT2D eigenvalue weighted by molar-refractivity contribution is 6.37.